The van der Waals surface area contributed by atoms with Crippen LogP contribution in [0.4, 0.5) is 5.69 Å². The van der Waals surface area contributed by atoms with Gasteiger partial charge in [0.25, 0.3) is 5.91 Å². The van der Waals surface area contributed by atoms with Crippen LogP contribution in [0.15, 0.2) is 18.2 Å². The molecular formula is C17H27N2O2+. The molecule has 0 radical (unpaired) electrons. The number of benzene rings is 1. The Morgan fingerprint density at radius 2 is 1.90 bits per heavy atom. The van der Waals surface area contributed by atoms with Crippen LogP contribution < -0.4 is 10.2 Å². The maximum absolute atomic E-state index is 12.5. The zero-order valence-electron chi connectivity index (χ0n) is 13.7. The maximum Gasteiger partial charge on any atom is 0.282 e. The van der Waals surface area contributed by atoms with E-state index in [0.717, 1.165) is 24.3 Å². The molecule has 1 fully saturated rings. The summed E-state index contributed by atoms with van der Waals surface area (Å²) in [5.74, 6) is 0.0817. The molecule has 1 amide bonds. The van der Waals surface area contributed by atoms with Gasteiger partial charge >= 0.3 is 0 Å². The molecule has 0 bridgehead atoms. The molecule has 4 heteroatoms. The van der Waals surface area contributed by atoms with Crippen molar-refractivity contribution in [3.05, 3.63) is 29.3 Å². The summed E-state index contributed by atoms with van der Waals surface area (Å²) in [7, 11) is 0. The molecule has 4 nitrogen and oxygen atoms in total. The number of amides is 1. The number of ether oxygens (including phenoxy) is 1. The molecule has 1 heterocycles. The molecule has 21 heavy (non-hydrogen) atoms. The number of hydrogen-bond acceptors (Lipinski definition) is 2. The van der Waals surface area contributed by atoms with Crippen molar-refractivity contribution in [1.29, 1.82) is 0 Å². The van der Waals surface area contributed by atoms with Gasteiger partial charge in [-0.05, 0) is 46.2 Å². The third-order valence-electron chi connectivity index (χ3n) is 4.21. The quantitative estimate of drug-likeness (QED) is 0.882. The van der Waals surface area contributed by atoms with Crippen LogP contribution in [0.5, 0.6) is 0 Å². The summed E-state index contributed by atoms with van der Waals surface area (Å²) in [5.41, 5.74) is 3.22. The first-order chi connectivity index (χ1) is 9.86. The van der Waals surface area contributed by atoms with Gasteiger partial charge in [-0.25, -0.2) is 0 Å². The minimum Gasteiger partial charge on any atom is -0.364 e. The first-order valence-corrected chi connectivity index (χ1v) is 7.75. The van der Waals surface area contributed by atoms with Crippen molar-refractivity contribution in [2.45, 2.75) is 52.9 Å². The maximum atomic E-state index is 12.5. The van der Waals surface area contributed by atoms with E-state index in [2.05, 4.69) is 32.2 Å². The van der Waals surface area contributed by atoms with E-state index < -0.39 is 0 Å². The third kappa shape index (κ3) is 4.05. The third-order valence-corrected chi connectivity index (χ3v) is 4.21. The average Bonchev–Trinajstić information content (AvgIpc) is 2.40. The molecule has 116 valence electrons. The Morgan fingerprint density at radius 1 is 1.29 bits per heavy atom. The molecular weight excluding hydrogens is 264 g/mol. The highest BCUT2D eigenvalue weighted by atomic mass is 16.5. The Labute approximate surface area is 127 Å². The van der Waals surface area contributed by atoms with Crippen molar-refractivity contribution < 1.29 is 14.4 Å². The van der Waals surface area contributed by atoms with Crippen LogP contribution in [-0.2, 0) is 9.53 Å². The number of hydrogen-bond donors (Lipinski definition) is 2. The molecule has 1 aromatic carbocycles. The highest BCUT2D eigenvalue weighted by Gasteiger charge is 2.33. The van der Waals surface area contributed by atoms with Crippen molar-refractivity contribution in [3.63, 3.8) is 0 Å². The van der Waals surface area contributed by atoms with Gasteiger partial charge in [0.15, 0.2) is 6.04 Å². The van der Waals surface area contributed by atoms with Crippen LogP contribution in [0.1, 0.15) is 31.9 Å². The Kier molecular flexibility index (Phi) is 5.01. The lowest BCUT2D eigenvalue weighted by atomic mass is 10.1. The van der Waals surface area contributed by atoms with Gasteiger partial charge in [0, 0.05) is 5.69 Å². The second-order valence-corrected chi connectivity index (χ2v) is 6.35. The molecule has 4 atom stereocenters. The normalized spacial score (nSPS) is 27.2. The Hall–Kier alpha value is -1.39. The summed E-state index contributed by atoms with van der Waals surface area (Å²) in [4.78, 5) is 13.8. The Morgan fingerprint density at radius 3 is 2.48 bits per heavy atom. The van der Waals surface area contributed by atoms with E-state index in [-0.39, 0.29) is 24.2 Å². The van der Waals surface area contributed by atoms with Gasteiger partial charge in [-0.2, -0.15) is 0 Å². The van der Waals surface area contributed by atoms with E-state index >= 15 is 0 Å². The fourth-order valence-corrected chi connectivity index (χ4v) is 3.05. The van der Waals surface area contributed by atoms with Crippen molar-refractivity contribution in [1.82, 2.24) is 0 Å². The fraction of sp³-hybridized carbons (Fsp3) is 0.588. The van der Waals surface area contributed by atoms with Gasteiger partial charge in [-0.1, -0.05) is 17.7 Å². The number of morpholine rings is 1. The van der Waals surface area contributed by atoms with Crippen LogP contribution in [-0.4, -0.2) is 37.2 Å². The number of rotatable bonds is 3. The first-order valence-electron chi connectivity index (χ1n) is 7.75. The van der Waals surface area contributed by atoms with E-state index in [1.165, 1.54) is 10.5 Å². The SMILES string of the molecule is Cc1ccc(NC(=O)[C@@H](C)[NH+]2C[C@@H](C)O[C@@H](C)C2)c(C)c1. The summed E-state index contributed by atoms with van der Waals surface area (Å²) < 4.78 is 5.74. The van der Waals surface area contributed by atoms with Gasteiger partial charge in [0.1, 0.15) is 25.3 Å². The monoisotopic (exact) mass is 291 g/mol. The second kappa shape index (κ2) is 6.58. The lowest BCUT2D eigenvalue weighted by molar-refractivity contribution is -0.928. The highest BCUT2D eigenvalue weighted by Crippen LogP contribution is 2.16. The number of anilines is 1. The summed E-state index contributed by atoms with van der Waals surface area (Å²) in [6, 6.07) is 6.03. The van der Waals surface area contributed by atoms with Crippen molar-refractivity contribution in [2.24, 2.45) is 0 Å². The smallest absolute Gasteiger partial charge is 0.282 e. The highest BCUT2D eigenvalue weighted by molar-refractivity contribution is 5.94. The molecule has 2 rings (SSSR count). The van der Waals surface area contributed by atoms with Crippen LogP contribution in [0, 0.1) is 13.8 Å². The number of nitrogens with one attached hydrogen (secondary N) is 2. The largest absolute Gasteiger partial charge is 0.364 e. The summed E-state index contributed by atoms with van der Waals surface area (Å²) >= 11 is 0. The molecule has 1 aromatic rings. The van der Waals surface area contributed by atoms with Gasteiger partial charge in [0.2, 0.25) is 0 Å². The van der Waals surface area contributed by atoms with E-state index in [1.54, 1.807) is 0 Å². The van der Waals surface area contributed by atoms with Gasteiger partial charge in [0.05, 0.1) is 0 Å². The Balaban J connectivity index is 2.02. The summed E-state index contributed by atoms with van der Waals surface area (Å²) in [5, 5.41) is 3.06. The molecule has 1 aliphatic heterocycles. The van der Waals surface area contributed by atoms with E-state index in [1.807, 2.05) is 26.0 Å². The minimum atomic E-state index is -0.0699. The first kappa shape index (κ1) is 16.0. The predicted octanol–water partition coefficient (Wildman–Crippen LogP) is 1.32. The second-order valence-electron chi connectivity index (χ2n) is 6.35. The zero-order valence-corrected chi connectivity index (χ0v) is 13.7. The number of carbonyl (C=O) groups excluding carboxylic acids is 1. The van der Waals surface area contributed by atoms with Crippen molar-refractivity contribution in [3.8, 4) is 0 Å². The molecule has 0 spiro atoms. The summed E-state index contributed by atoms with van der Waals surface area (Å²) in [6.45, 7) is 12.0. The Bertz CT molecular complexity index is 506. The molecule has 0 saturated carbocycles. The lowest BCUT2D eigenvalue weighted by Crippen LogP contribution is -3.19. The van der Waals surface area contributed by atoms with Crippen LogP contribution >= 0.6 is 0 Å². The molecule has 2 N–H and O–H groups in total. The zero-order chi connectivity index (χ0) is 15.6. The molecule has 0 aromatic heterocycles. The number of carbonyl (C=O) groups is 1. The van der Waals surface area contributed by atoms with E-state index in [4.69, 9.17) is 4.74 Å². The van der Waals surface area contributed by atoms with E-state index in [0.29, 0.717) is 0 Å². The number of quaternary nitrogens is 1. The van der Waals surface area contributed by atoms with Crippen LogP contribution in [0.2, 0.25) is 0 Å². The van der Waals surface area contributed by atoms with Gasteiger partial charge in [-0.3, -0.25) is 4.79 Å². The van der Waals surface area contributed by atoms with Crippen LogP contribution in [0.25, 0.3) is 0 Å². The van der Waals surface area contributed by atoms with Crippen LogP contribution in [0.3, 0.4) is 0 Å². The van der Waals surface area contributed by atoms with Gasteiger partial charge in [-0.15, -0.1) is 0 Å². The summed E-state index contributed by atoms with van der Waals surface area (Å²) in [6.07, 6.45) is 0.417. The molecule has 1 saturated heterocycles. The standard InChI is InChI=1S/C17H26N2O2/c1-11-6-7-16(12(2)8-11)18-17(20)15(5)19-9-13(3)21-14(4)10-19/h6-8,13-15H,9-10H2,1-5H3,(H,18,20)/p+1/t13-,14+,15-/m1/s1. The fourth-order valence-electron chi connectivity index (χ4n) is 3.05. The van der Waals surface area contributed by atoms with E-state index in [9.17, 15) is 4.79 Å². The molecule has 1 aliphatic rings. The van der Waals surface area contributed by atoms with Crippen molar-refractivity contribution >= 4 is 11.6 Å². The molecule has 0 aliphatic carbocycles. The van der Waals surface area contributed by atoms with Gasteiger partial charge < -0.3 is 15.0 Å². The van der Waals surface area contributed by atoms with Crippen molar-refractivity contribution in [2.75, 3.05) is 18.4 Å². The minimum absolute atomic E-state index is 0.0699. The number of aryl methyl sites for hydroxylation is 2. The predicted molar refractivity (Wildman–Crippen MR) is 84.7 cm³/mol. The average molecular weight is 291 g/mol. The molecule has 1 unspecified atom stereocenters. The topological polar surface area (TPSA) is 42.8 Å². The lowest BCUT2D eigenvalue weighted by Gasteiger charge is -2.35.